The summed E-state index contributed by atoms with van der Waals surface area (Å²) in [5.41, 5.74) is 0.770. The lowest BCUT2D eigenvalue weighted by Crippen LogP contribution is -1.93. The van der Waals surface area contributed by atoms with Crippen LogP contribution in [0.2, 0.25) is 0 Å². The minimum absolute atomic E-state index is 0.0288. The molecule has 2 aromatic carbocycles. The van der Waals surface area contributed by atoms with Crippen molar-refractivity contribution in [3.05, 3.63) is 64.0 Å². The van der Waals surface area contributed by atoms with Crippen LogP contribution < -0.4 is 4.74 Å². The summed E-state index contributed by atoms with van der Waals surface area (Å²) in [4.78, 5) is 9.86. The highest BCUT2D eigenvalue weighted by Crippen LogP contribution is 2.27. The first-order valence-electron chi connectivity index (χ1n) is 5.81. The zero-order chi connectivity index (χ0) is 13.8. The van der Waals surface area contributed by atoms with E-state index in [1.165, 1.54) is 12.1 Å². The molecular weight excluding hydrogens is 249 g/mol. The van der Waals surface area contributed by atoms with Crippen molar-refractivity contribution >= 4 is 5.69 Å². The summed E-state index contributed by atoms with van der Waals surface area (Å²) in [6, 6.07) is 10.6. The van der Waals surface area contributed by atoms with E-state index in [0.29, 0.717) is 5.75 Å². The molecule has 0 amide bonds. The summed E-state index contributed by atoms with van der Waals surface area (Å²) in [7, 11) is 0. The summed E-state index contributed by atoms with van der Waals surface area (Å²) < 4.78 is 19.0. The minimum atomic E-state index is -0.754. The summed E-state index contributed by atoms with van der Waals surface area (Å²) in [6.45, 7) is 2.01. The van der Waals surface area contributed by atoms with Crippen LogP contribution in [-0.2, 0) is 6.42 Å². The second-order valence-corrected chi connectivity index (χ2v) is 3.97. The van der Waals surface area contributed by atoms with Gasteiger partial charge in [0.1, 0.15) is 5.75 Å². The Balaban J connectivity index is 2.25. The maximum atomic E-state index is 13.6. The van der Waals surface area contributed by atoms with Gasteiger partial charge in [-0.15, -0.1) is 0 Å². The van der Waals surface area contributed by atoms with Crippen LogP contribution in [0.25, 0.3) is 0 Å². The molecule has 0 aliphatic rings. The van der Waals surface area contributed by atoms with E-state index in [-0.39, 0.29) is 11.4 Å². The molecule has 0 fully saturated rings. The Morgan fingerprint density at radius 1 is 1.26 bits per heavy atom. The van der Waals surface area contributed by atoms with Crippen LogP contribution in [0.3, 0.4) is 0 Å². The first-order valence-corrected chi connectivity index (χ1v) is 5.81. The van der Waals surface area contributed by atoms with Crippen LogP contribution in [0.1, 0.15) is 12.5 Å². The topological polar surface area (TPSA) is 52.4 Å². The number of nitrogens with zero attached hydrogens (tertiary/aromatic N) is 1. The first kappa shape index (κ1) is 13.0. The fourth-order valence-electron chi connectivity index (χ4n) is 1.64. The molecule has 0 saturated heterocycles. The van der Waals surface area contributed by atoms with Gasteiger partial charge in [0.25, 0.3) is 5.69 Å². The monoisotopic (exact) mass is 261 g/mol. The highest BCUT2D eigenvalue weighted by molar-refractivity contribution is 5.40. The van der Waals surface area contributed by atoms with Crippen molar-refractivity contribution in [3.63, 3.8) is 0 Å². The molecule has 0 radical (unpaired) electrons. The predicted molar refractivity (Wildman–Crippen MR) is 68.9 cm³/mol. The largest absolute Gasteiger partial charge is 0.454 e. The third-order valence-corrected chi connectivity index (χ3v) is 2.66. The molecule has 0 bridgehead atoms. The van der Waals surface area contributed by atoms with E-state index in [9.17, 15) is 14.5 Å². The third-order valence-electron chi connectivity index (χ3n) is 2.66. The van der Waals surface area contributed by atoms with Gasteiger partial charge in [-0.1, -0.05) is 19.1 Å². The van der Waals surface area contributed by atoms with E-state index in [2.05, 4.69) is 0 Å². The number of halogens is 1. The Morgan fingerprint density at radius 2 is 2.05 bits per heavy atom. The van der Waals surface area contributed by atoms with Gasteiger partial charge in [0.2, 0.25) is 0 Å². The predicted octanol–water partition coefficient (Wildman–Crippen LogP) is 4.09. The Hall–Kier alpha value is -2.43. The van der Waals surface area contributed by atoms with Crippen molar-refractivity contribution in [2.45, 2.75) is 13.3 Å². The summed E-state index contributed by atoms with van der Waals surface area (Å²) in [6.07, 6.45) is 0.847. The molecule has 0 aliphatic carbocycles. The van der Waals surface area contributed by atoms with Crippen LogP contribution >= 0.6 is 0 Å². The number of ether oxygens (including phenoxy) is 1. The van der Waals surface area contributed by atoms with E-state index in [1.807, 2.05) is 19.1 Å². The fourth-order valence-corrected chi connectivity index (χ4v) is 1.64. The molecule has 0 saturated carbocycles. The highest BCUT2D eigenvalue weighted by atomic mass is 19.1. The standard InChI is InChI=1S/C14H12FNO3/c1-2-10-4-3-5-12(8-10)19-14-7-6-11(16(17)18)9-13(14)15/h3-9H,2H2,1H3. The molecule has 0 heterocycles. The van der Waals surface area contributed by atoms with Crippen molar-refractivity contribution in [3.8, 4) is 11.5 Å². The van der Waals surface area contributed by atoms with Gasteiger partial charge in [0.05, 0.1) is 11.0 Å². The van der Waals surface area contributed by atoms with Crippen LogP contribution in [0.15, 0.2) is 42.5 Å². The Kier molecular flexibility index (Phi) is 3.75. The smallest absolute Gasteiger partial charge is 0.272 e. The molecule has 0 aliphatic heterocycles. The van der Waals surface area contributed by atoms with Crippen LogP contribution in [-0.4, -0.2) is 4.92 Å². The van der Waals surface area contributed by atoms with Crippen molar-refractivity contribution < 1.29 is 14.1 Å². The van der Waals surface area contributed by atoms with E-state index in [0.717, 1.165) is 18.1 Å². The van der Waals surface area contributed by atoms with Crippen LogP contribution in [0.5, 0.6) is 11.5 Å². The quantitative estimate of drug-likeness (QED) is 0.615. The lowest BCUT2D eigenvalue weighted by atomic mass is 10.2. The molecule has 0 N–H and O–H groups in total. The summed E-state index contributed by atoms with van der Waals surface area (Å²) in [5.74, 6) is -0.276. The maximum Gasteiger partial charge on any atom is 0.272 e. The van der Waals surface area contributed by atoms with E-state index >= 15 is 0 Å². The molecule has 2 aromatic rings. The Morgan fingerprint density at radius 3 is 2.68 bits per heavy atom. The summed E-state index contributed by atoms with van der Waals surface area (Å²) in [5, 5.41) is 10.5. The van der Waals surface area contributed by atoms with E-state index < -0.39 is 10.7 Å². The highest BCUT2D eigenvalue weighted by Gasteiger charge is 2.12. The van der Waals surface area contributed by atoms with E-state index in [1.54, 1.807) is 12.1 Å². The number of hydrogen-bond donors (Lipinski definition) is 0. The van der Waals surface area contributed by atoms with Crippen molar-refractivity contribution in [1.82, 2.24) is 0 Å². The fraction of sp³-hybridized carbons (Fsp3) is 0.143. The average molecular weight is 261 g/mol. The molecule has 0 spiro atoms. The van der Waals surface area contributed by atoms with Crippen LogP contribution in [0, 0.1) is 15.9 Å². The van der Waals surface area contributed by atoms with Crippen molar-refractivity contribution in [1.29, 1.82) is 0 Å². The minimum Gasteiger partial charge on any atom is -0.454 e. The van der Waals surface area contributed by atoms with Gasteiger partial charge in [-0.2, -0.15) is 0 Å². The lowest BCUT2D eigenvalue weighted by Gasteiger charge is -2.07. The number of nitro groups is 1. The SMILES string of the molecule is CCc1cccc(Oc2ccc([N+](=O)[O-])cc2F)c1. The van der Waals surface area contributed by atoms with Crippen molar-refractivity contribution in [2.75, 3.05) is 0 Å². The number of hydrogen-bond acceptors (Lipinski definition) is 3. The third kappa shape index (κ3) is 3.07. The maximum absolute atomic E-state index is 13.6. The zero-order valence-corrected chi connectivity index (χ0v) is 10.3. The first-order chi connectivity index (χ1) is 9.10. The van der Waals surface area contributed by atoms with Crippen molar-refractivity contribution in [2.24, 2.45) is 0 Å². The average Bonchev–Trinajstić information content (AvgIpc) is 2.41. The zero-order valence-electron chi connectivity index (χ0n) is 10.3. The number of nitro benzene ring substituents is 1. The van der Waals surface area contributed by atoms with E-state index in [4.69, 9.17) is 4.74 Å². The van der Waals surface area contributed by atoms with Gasteiger partial charge >= 0.3 is 0 Å². The molecule has 0 atom stereocenters. The lowest BCUT2D eigenvalue weighted by molar-refractivity contribution is -0.385. The van der Waals surface area contributed by atoms with Gasteiger partial charge < -0.3 is 4.74 Å². The molecule has 0 unspecified atom stereocenters. The Labute approximate surface area is 109 Å². The second kappa shape index (κ2) is 5.48. The molecule has 4 nitrogen and oxygen atoms in total. The normalized spacial score (nSPS) is 10.2. The van der Waals surface area contributed by atoms with Gasteiger partial charge in [-0.05, 0) is 30.2 Å². The van der Waals surface area contributed by atoms with Crippen LogP contribution in [0.4, 0.5) is 10.1 Å². The molecule has 5 heteroatoms. The van der Waals surface area contributed by atoms with Gasteiger partial charge in [0, 0.05) is 6.07 Å². The summed E-state index contributed by atoms with van der Waals surface area (Å²) >= 11 is 0. The van der Waals surface area contributed by atoms with Gasteiger partial charge in [-0.3, -0.25) is 10.1 Å². The van der Waals surface area contributed by atoms with Gasteiger partial charge in [0.15, 0.2) is 11.6 Å². The molecule has 19 heavy (non-hydrogen) atoms. The Bertz CT molecular complexity index is 613. The number of non-ortho nitro benzene ring substituents is 1. The van der Waals surface area contributed by atoms with Gasteiger partial charge in [-0.25, -0.2) is 4.39 Å². The number of aryl methyl sites for hydroxylation is 1. The second-order valence-electron chi connectivity index (χ2n) is 3.97. The molecule has 0 aromatic heterocycles. The molecule has 98 valence electrons. The number of benzene rings is 2. The number of rotatable bonds is 4. The molecular formula is C14H12FNO3. The molecule has 2 rings (SSSR count).